The molecule has 0 fully saturated rings. The number of rotatable bonds is 1. The second-order valence-corrected chi connectivity index (χ2v) is 4.23. The van der Waals surface area contributed by atoms with Gasteiger partial charge >= 0.3 is 0 Å². The summed E-state index contributed by atoms with van der Waals surface area (Å²) in [6.45, 7) is 0. The summed E-state index contributed by atoms with van der Waals surface area (Å²) >= 11 is 4.72. The zero-order valence-corrected chi connectivity index (χ0v) is 9.08. The van der Waals surface area contributed by atoms with Crippen LogP contribution in [-0.4, -0.2) is 0 Å². The Morgan fingerprint density at radius 3 is 3.00 bits per heavy atom. The normalized spacial score (nSPS) is 10.9. The first-order valence-electron chi connectivity index (χ1n) is 3.74. The van der Waals surface area contributed by atoms with Crippen LogP contribution in [0, 0.1) is 5.82 Å². The summed E-state index contributed by atoms with van der Waals surface area (Å²) in [6, 6.07) is 3.45. The van der Waals surface area contributed by atoms with Gasteiger partial charge in [0.25, 0.3) is 0 Å². The van der Waals surface area contributed by atoms with Crippen molar-refractivity contribution in [3.8, 4) is 0 Å². The average Bonchev–Trinajstić information content (AvgIpc) is 2.53. The Bertz CT molecular complexity index is 452. The number of hydrogen-bond donors (Lipinski definition) is 1. The lowest BCUT2D eigenvalue weighted by molar-refractivity contribution is 0.621. The standard InChI is InChI=1S/C9H7BrFNS/c10-4-6-7(11)3-8-5(9(6)12)1-2-13-8/h1-3H,4,12H2. The Labute approximate surface area is 87.5 Å². The number of fused-ring (bicyclic) bond motifs is 1. The fourth-order valence-corrected chi connectivity index (χ4v) is 2.68. The quantitative estimate of drug-likeness (QED) is 0.616. The molecular weight excluding hydrogens is 253 g/mol. The molecule has 2 aromatic rings. The lowest BCUT2D eigenvalue weighted by atomic mass is 10.1. The largest absolute Gasteiger partial charge is 0.398 e. The van der Waals surface area contributed by atoms with Crippen molar-refractivity contribution in [1.82, 2.24) is 0 Å². The number of benzene rings is 1. The van der Waals surface area contributed by atoms with Crippen molar-refractivity contribution in [1.29, 1.82) is 0 Å². The van der Waals surface area contributed by atoms with Crippen LogP contribution in [0.1, 0.15) is 5.56 Å². The molecule has 0 saturated heterocycles. The van der Waals surface area contributed by atoms with Crippen LogP contribution in [0.2, 0.25) is 0 Å². The molecule has 2 rings (SSSR count). The molecule has 4 heteroatoms. The smallest absolute Gasteiger partial charge is 0.130 e. The van der Waals surface area contributed by atoms with Crippen LogP contribution in [0.15, 0.2) is 17.5 Å². The van der Waals surface area contributed by atoms with E-state index in [1.807, 2.05) is 11.4 Å². The third kappa shape index (κ3) is 1.34. The van der Waals surface area contributed by atoms with Crippen molar-refractivity contribution in [2.45, 2.75) is 5.33 Å². The summed E-state index contributed by atoms with van der Waals surface area (Å²) in [4.78, 5) is 0. The molecule has 2 N–H and O–H groups in total. The van der Waals surface area contributed by atoms with Gasteiger partial charge in [-0.1, -0.05) is 15.9 Å². The van der Waals surface area contributed by atoms with E-state index < -0.39 is 0 Å². The summed E-state index contributed by atoms with van der Waals surface area (Å²) in [5.74, 6) is -0.232. The van der Waals surface area contributed by atoms with Gasteiger partial charge in [-0.3, -0.25) is 0 Å². The molecule has 1 aromatic heterocycles. The number of nitrogen functional groups attached to an aromatic ring is 1. The van der Waals surface area contributed by atoms with Crippen LogP contribution in [0.5, 0.6) is 0 Å². The molecule has 13 heavy (non-hydrogen) atoms. The molecule has 0 aliphatic carbocycles. The topological polar surface area (TPSA) is 26.0 Å². The van der Waals surface area contributed by atoms with Crippen LogP contribution < -0.4 is 5.73 Å². The Morgan fingerprint density at radius 2 is 2.31 bits per heavy atom. The fraction of sp³-hybridized carbons (Fsp3) is 0.111. The van der Waals surface area contributed by atoms with E-state index in [0.717, 1.165) is 10.1 Å². The van der Waals surface area contributed by atoms with E-state index in [0.29, 0.717) is 16.6 Å². The first kappa shape index (κ1) is 8.97. The fourth-order valence-electron chi connectivity index (χ4n) is 1.28. The predicted molar refractivity (Wildman–Crippen MR) is 58.8 cm³/mol. The van der Waals surface area contributed by atoms with Gasteiger partial charge in [-0.2, -0.15) is 0 Å². The molecule has 0 atom stereocenters. The highest BCUT2D eigenvalue weighted by atomic mass is 79.9. The minimum atomic E-state index is -0.232. The van der Waals surface area contributed by atoms with Gasteiger partial charge in [0.2, 0.25) is 0 Å². The number of nitrogens with two attached hydrogens (primary N) is 1. The minimum Gasteiger partial charge on any atom is -0.398 e. The number of thiophene rings is 1. The molecule has 0 amide bonds. The molecule has 0 aliphatic rings. The summed E-state index contributed by atoms with van der Waals surface area (Å²) < 4.78 is 14.3. The number of halogens is 2. The second kappa shape index (κ2) is 3.27. The van der Waals surface area contributed by atoms with Gasteiger partial charge in [-0.25, -0.2) is 4.39 Å². The maximum Gasteiger partial charge on any atom is 0.130 e. The first-order valence-corrected chi connectivity index (χ1v) is 5.74. The number of alkyl halides is 1. The highest BCUT2D eigenvalue weighted by Gasteiger charge is 2.10. The maximum absolute atomic E-state index is 13.4. The van der Waals surface area contributed by atoms with Crippen molar-refractivity contribution in [3.63, 3.8) is 0 Å². The van der Waals surface area contributed by atoms with Gasteiger partial charge in [-0.05, 0) is 17.5 Å². The summed E-state index contributed by atoms with van der Waals surface area (Å²) in [5.41, 5.74) is 6.91. The second-order valence-electron chi connectivity index (χ2n) is 2.72. The molecule has 0 saturated carbocycles. The van der Waals surface area contributed by atoms with Crippen LogP contribution in [-0.2, 0) is 5.33 Å². The third-order valence-electron chi connectivity index (χ3n) is 1.99. The first-order chi connectivity index (χ1) is 6.24. The van der Waals surface area contributed by atoms with Gasteiger partial charge < -0.3 is 5.73 Å². The van der Waals surface area contributed by atoms with E-state index in [4.69, 9.17) is 5.73 Å². The van der Waals surface area contributed by atoms with Crippen LogP contribution in [0.4, 0.5) is 10.1 Å². The van der Waals surface area contributed by atoms with E-state index in [-0.39, 0.29) is 5.82 Å². The lowest BCUT2D eigenvalue weighted by Crippen LogP contribution is -1.95. The monoisotopic (exact) mass is 259 g/mol. The van der Waals surface area contributed by atoms with Gasteiger partial charge in [0.05, 0.1) is 0 Å². The predicted octanol–water partition coefficient (Wildman–Crippen LogP) is 3.52. The zero-order chi connectivity index (χ0) is 9.42. The van der Waals surface area contributed by atoms with Crippen molar-refractivity contribution in [2.75, 3.05) is 5.73 Å². The molecule has 0 aliphatic heterocycles. The van der Waals surface area contributed by atoms with Gasteiger partial charge in [0.1, 0.15) is 5.82 Å². The van der Waals surface area contributed by atoms with Crippen molar-refractivity contribution < 1.29 is 4.39 Å². The van der Waals surface area contributed by atoms with Gasteiger partial charge in [0.15, 0.2) is 0 Å². The van der Waals surface area contributed by atoms with E-state index in [1.54, 1.807) is 0 Å². The SMILES string of the molecule is Nc1c(CBr)c(F)cc2sccc12. The maximum atomic E-state index is 13.4. The summed E-state index contributed by atoms with van der Waals surface area (Å²) in [5, 5.41) is 3.32. The minimum absolute atomic E-state index is 0.232. The highest BCUT2D eigenvalue weighted by Crippen LogP contribution is 2.32. The molecule has 68 valence electrons. The third-order valence-corrected chi connectivity index (χ3v) is 3.41. The van der Waals surface area contributed by atoms with E-state index >= 15 is 0 Å². The summed E-state index contributed by atoms with van der Waals surface area (Å²) in [6.07, 6.45) is 0. The van der Waals surface area contributed by atoms with Gasteiger partial charge in [-0.15, -0.1) is 11.3 Å². The van der Waals surface area contributed by atoms with E-state index in [2.05, 4.69) is 15.9 Å². The van der Waals surface area contributed by atoms with Crippen molar-refractivity contribution in [3.05, 3.63) is 28.9 Å². The van der Waals surface area contributed by atoms with Crippen LogP contribution >= 0.6 is 27.3 Å². The Hall–Kier alpha value is -0.610. The Kier molecular flexibility index (Phi) is 2.26. The molecule has 0 spiro atoms. The molecular formula is C9H7BrFNS. The van der Waals surface area contributed by atoms with Crippen molar-refractivity contribution >= 4 is 43.0 Å². The molecule has 1 aromatic carbocycles. The van der Waals surface area contributed by atoms with Crippen LogP contribution in [0.3, 0.4) is 0 Å². The molecule has 1 nitrogen and oxygen atoms in total. The average molecular weight is 260 g/mol. The zero-order valence-electron chi connectivity index (χ0n) is 6.68. The molecule has 0 unspecified atom stereocenters. The van der Waals surface area contributed by atoms with E-state index in [1.165, 1.54) is 17.4 Å². The van der Waals surface area contributed by atoms with Crippen molar-refractivity contribution in [2.24, 2.45) is 0 Å². The Morgan fingerprint density at radius 1 is 1.54 bits per heavy atom. The van der Waals surface area contributed by atoms with E-state index in [9.17, 15) is 4.39 Å². The summed E-state index contributed by atoms with van der Waals surface area (Å²) in [7, 11) is 0. The number of hydrogen-bond acceptors (Lipinski definition) is 2. The molecule has 0 radical (unpaired) electrons. The lowest BCUT2D eigenvalue weighted by Gasteiger charge is -2.04. The highest BCUT2D eigenvalue weighted by molar-refractivity contribution is 9.08. The molecule has 1 heterocycles. The molecule has 0 bridgehead atoms. The van der Waals surface area contributed by atoms with Crippen LogP contribution in [0.25, 0.3) is 10.1 Å². The Balaban J connectivity index is 2.85. The number of anilines is 1. The van der Waals surface area contributed by atoms with Gasteiger partial charge in [0, 0.05) is 26.7 Å².